The summed E-state index contributed by atoms with van der Waals surface area (Å²) in [5, 5.41) is 13.1. The molecule has 1 heterocycles. The van der Waals surface area contributed by atoms with Crippen LogP contribution in [0.1, 0.15) is 18.5 Å². The Balaban J connectivity index is 2.16. The molecule has 2 rings (SSSR count). The first-order valence-corrected chi connectivity index (χ1v) is 6.97. The molecule has 1 fully saturated rings. The van der Waals surface area contributed by atoms with Crippen LogP contribution in [-0.2, 0) is 4.74 Å². The van der Waals surface area contributed by atoms with Crippen molar-refractivity contribution in [3.05, 3.63) is 28.8 Å². The topological polar surface area (TPSA) is 44.7 Å². The summed E-state index contributed by atoms with van der Waals surface area (Å²) in [4.78, 5) is 2.17. The first-order chi connectivity index (χ1) is 9.15. The Morgan fingerprint density at radius 1 is 1.58 bits per heavy atom. The van der Waals surface area contributed by atoms with Crippen LogP contribution in [0.5, 0.6) is 0 Å². The van der Waals surface area contributed by atoms with Crippen LogP contribution in [0.3, 0.4) is 0 Å². The summed E-state index contributed by atoms with van der Waals surface area (Å²) in [7, 11) is 1.93. The molecule has 2 N–H and O–H groups in total. The molecule has 1 aliphatic rings. The molecule has 1 aromatic rings. The molecule has 1 aromatic carbocycles. The van der Waals surface area contributed by atoms with E-state index in [-0.39, 0.29) is 18.8 Å². The number of nitrogens with one attached hydrogen (secondary N) is 1. The van der Waals surface area contributed by atoms with E-state index in [2.05, 4.69) is 23.2 Å². The number of hydrogen-bond donors (Lipinski definition) is 2. The maximum atomic E-state index is 9.18. The molecule has 0 bridgehead atoms. The zero-order valence-electron chi connectivity index (χ0n) is 11.4. The molecule has 0 radical (unpaired) electrons. The molecule has 0 aliphatic carbocycles. The average Bonchev–Trinajstić information content (AvgIpc) is 2.46. The highest BCUT2D eigenvalue weighted by molar-refractivity contribution is 6.33. The Hall–Kier alpha value is -0.810. The van der Waals surface area contributed by atoms with E-state index in [1.54, 1.807) is 0 Å². The summed E-state index contributed by atoms with van der Waals surface area (Å²) in [6.07, 6.45) is -0.124. The third kappa shape index (κ3) is 3.39. The molecule has 1 saturated heterocycles. The lowest BCUT2D eigenvalue weighted by molar-refractivity contribution is 0.00357. The largest absolute Gasteiger partial charge is 0.394 e. The molecular formula is C14H21ClN2O2. The highest BCUT2D eigenvalue weighted by Gasteiger charge is 2.21. The summed E-state index contributed by atoms with van der Waals surface area (Å²) in [6, 6.07) is 6.42. The Morgan fingerprint density at radius 2 is 2.37 bits per heavy atom. The second kappa shape index (κ2) is 6.57. The highest BCUT2D eigenvalue weighted by Crippen LogP contribution is 2.30. The first-order valence-electron chi connectivity index (χ1n) is 6.59. The van der Waals surface area contributed by atoms with Crippen LogP contribution in [0.15, 0.2) is 18.2 Å². The van der Waals surface area contributed by atoms with Gasteiger partial charge in [-0.1, -0.05) is 17.7 Å². The monoisotopic (exact) mass is 284 g/mol. The number of nitrogens with zero attached hydrogens (tertiary/aromatic N) is 1. The summed E-state index contributed by atoms with van der Waals surface area (Å²) in [5.41, 5.74) is 2.18. The molecule has 5 heteroatoms. The quantitative estimate of drug-likeness (QED) is 0.885. The average molecular weight is 285 g/mol. The molecule has 1 aliphatic heterocycles. The van der Waals surface area contributed by atoms with Crippen molar-refractivity contribution in [2.24, 2.45) is 0 Å². The second-order valence-corrected chi connectivity index (χ2v) is 5.25. The highest BCUT2D eigenvalue weighted by atomic mass is 35.5. The van der Waals surface area contributed by atoms with E-state index in [0.29, 0.717) is 13.2 Å². The van der Waals surface area contributed by atoms with E-state index in [1.807, 2.05) is 19.2 Å². The maximum absolute atomic E-state index is 9.18. The number of rotatable bonds is 4. The number of hydrogen-bond acceptors (Lipinski definition) is 4. The SMILES string of the molecule is CNC(C)c1ccc(N2CCOC(CO)C2)c(Cl)c1. The predicted molar refractivity (Wildman–Crippen MR) is 78.0 cm³/mol. The fraction of sp³-hybridized carbons (Fsp3) is 0.571. The van der Waals surface area contributed by atoms with Crippen molar-refractivity contribution in [1.82, 2.24) is 5.32 Å². The lowest BCUT2D eigenvalue weighted by atomic mass is 10.1. The maximum Gasteiger partial charge on any atom is 0.0980 e. The van der Waals surface area contributed by atoms with Gasteiger partial charge in [-0.2, -0.15) is 0 Å². The molecular weight excluding hydrogens is 264 g/mol. The Bertz CT molecular complexity index is 428. The lowest BCUT2D eigenvalue weighted by Gasteiger charge is -2.34. The van der Waals surface area contributed by atoms with E-state index >= 15 is 0 Å². The van der Waals surface area contributed by atoms with Gasteiger partial charge in [-0.05, 0) is 31.7 Å². The van der Waals surface area contributed by atoms with Crippen molar-refractivity contribution in [3.8, 4) is 0 Å². The van der Waals surface area contributed by atoms with Gasteiger partial charge in [-0.3, -0.25) is 0 Å². The smallest absolute Gasteiger partial charge is 0.0980 e. The number of ether oxygens (including phenoxy) is 1. The van der Waals surface area contributed by atoms with Gasteiger partial charge in [-0.15, -0.1) is 0 Å². The van der Waals surface area contributed by atoms with Crippen LogP contribution in [0, 0.1) is 0 Å². The van der Waals surface area contributed by atoms with Crippen LogP contribution in [0.2, 0.25) is 5.02 Å². The second-order valence-electron chi connectivity index (χ2n) is 4.84. The van der Waals surface area contributed by atoms with Gasteiger partial charge in [0.2, 0.25) is 0 Å². The number of aliphatic hydroxyl groups excluding tert-OH is 1. The number of anilines is 1. The number of benzene rings is 1. The van der Waals surface area contributed by atoms with Crippen molar-refractivity contribution in [1.29, 1.82) is 0 Å². The minimum Gasteiger partial charge on any atom is -0.394 e. The van der Waals surface area contributed by atoms with Gasteiger partial charge in [0.1, 0.15) is 0 Å². The van der Waals surface area contributed by atoms with Gasteiger partial charge < -0.3 is 20.1 Å². The normalized spacial score (nSPS) is 21.5. The first kappa shape index (κ1) is 14.6. The summed E-state index contributed by atoms with van der Waals surface area (Å²) in [5.74, 6) is 0. The van der Waals surface area contributed by atoms with Gasteiger partial charge in [0.25, 0.3) is 0 Å². The number of aliphatic hydroxyl groups is 1. The lowest BCUT2D eigenvalue weighted by Crippen LogP contribution is -2.44. The standard InChI is InChI=1S/C14H21ClN2O2/c1-10(16-2)11-3-4-14(13(15)7-11)17-5-6-19-12(8-17)9-18/h3-4,7,10,12,16,18H,5-6,8-9H2,1-2H3. The molecule has 0 amide bonds. The van der Waals surface area contributed by atoms with Crippen molar-refractivity contribution in [3.63, 3.8) is 0 Å². The van der Waals surface area contributed by atoms with E-state index in [4.69, 9.17) is 16.3 Å². The predicted octanol–water partition coefficient (Wildman–Crippen LogP) is 1.82. The molecule has 2 atom stereocenters. The minimum atomic E-state index is -0.124. The molecule has 0 aromatic heterocycles. The molecule has 19 heavy (non-hydrogen) atoms. The Morgan fingerprint density at radius 3 is 3.00 bits per heavy atom. The van der Waals surface area contributed by atoms with Crippen molar-refractivity contribution >= 4 is 17.3 Å². The van der Waals surface area contributed by atoms with Gasteiger partial charge in [0.05, 0.1) is 30.0 Å². The molecule has 0 spiro atoms. The van der Waals surface area contributed by atoms with Crippen LogP contribution in [-0.4, -0.2) is 44.6 Å². The van der Waals surface area contributed by atoms with E-state index in [9.17, 15) is 5.11 Å². The van der Waals surface area contributed by atoms with Crippen LogP contribution in [0.4, 0.5) is 5.69 Å². The van der Waals surface area contributed by atoms with Gasteiger partial charge in [-0.25, -0.2) is 0 Å². The zero-order chi connectivity index (χ0) is 13.8. The Labute approximate surface area is 119 Å². The minimum absolute atomic E-state index is 0.0446. The number of morpholine rings is 1. The summed E-state index contributed by atoms with van der Waals surface area (Å²) < 4.78 is 5.45. The third-order valence-electron chi connectivity index (χ3n) is 3.59. The van der Waals surface area contributed by atoms with Crippen molar-refractivity contribution in [2.75, 3.05) is 38.3 Å². The van der Waals surface area contributed by atoms with Gasteiger partial charge in [0, 0.05) is 19.1 Å². The van der Waals surface area contributed by atoms with Crippen molar-refractivity contribution < 1.29 is 9.84 Å². The van der Waals surface area contributed by atoms with E-state index in [0.717, 1.165) is 17.3 Å². The summed E-state index contributed by atoms with van der Waals surface area (Å²) >= 11 is 6.38. The molecule has 2 unspecified atom stereocenters. The zero-order valence-corrected chi connectivity index (χ0v) is 12.2. The van der Waals surface area contributed by atoms with Crippen LogP contribution in [0.25, 0.3) is 0 Å². The Kier molecular flexibility index (Phi) is 5.05. The van der Waals surface area contributed by atoms with Crippen LogP contribution < -0.4 is 10.2 Å². The third-order valence-corrected chi connectivity index (χ3v) is 3.89. The van der Waals surface area contributed by atoms with Crippen LogP contribution >= 0.6 is 11.6 Å². The number of halogens is 1. The van der Waals surface area contributed by atoms with Gasteiger partial charge in [0.15, 0.2) is 0 Å². The molecule has 106 valence electrons. The fourth-order valence-electron chi connectivity index (χ4n) is 2.26. The summed E-state index contributed by atoms with van der Waals surface area (Å²) in [6.45, 7) is 4.25. The molecule has 4 nitrogen and oxygen atoms in total. The van der Waals surface area contributed by atoms with E-state index in [1.165, 1.54) is 5.56 Å². The fourth-order valence-corrected chi connectivity index (χ4v) is 2.57. The van der Waals surface area contributed by atoms with E-state index < -0.39 is 0 Å². The van der Waals surface area contributed by atoms with Crippen molar-refractivity contribution in [2.45, 2.75) is 19.1 Å². The van der Waals surface area contributed by atoms with Gasteiger partial charge >= 0.3 is 0 Å². The molecule has 0 saturated carbocycles.